The van der Waals surface area contributed by atoms with Crippen molar-refractivity contribution in [2.24, 2.45) is 5.92 Å². The van der Waals surface area contributed by atoms with E-state index in [2.05, 4.69) is 46.8 Å². The van der Waals surface area contributed by atoms with E-state index >= 15 is 0 Å². The van der Waals surface area contributed by atoms with Crippen molar-refractivity contribution in [3.05, 3.63) is 34.9 Å². The van der Waals surface area contributed by atoms with Crippen LogP contribution in [0.5, 0.6) is 5.75 Å². The van der Waals surface area contributed by atoms with Crippen LogP contribution in [0.15, 0.2) is 28.7 Å². The first-order valence-electron chi connectivity index (χ1n) is 8.58. The first-order valence-corrected chi connectivity index (χ1v) is 9.57. The quantitative estimate of drug-likeness (QED) is 0.420. The Bertz CT molecular complexity index is 487. The van der Waals surface area contributed by atoms with Crippen molar-refractivity contribution >= 4 is 11.8 Å². The van der Waals surface area contributed by atoms with E-state index < -0.39 is 0 Å². The molecule has 0 aromatic heterocycles. The van der Waals surface area contributed by atoms with Crippen molar-refractivity contribution in [1.29, 1.82) is 0 Å². The molecular weight excluding hydrogens is 288 g/mol. The summed E-state index contributed by atoms with van der Waals surface area (Å²) in [5.74, 6) is 2.39. The predicted molar refractivity (Wildman–Crippen MR) is 100 cm³/mol. The average Bonchev–Trinajstić information content (AvgIpc) is 2.47. The standard InChI is InChI=1S/C20H32OS/c1-6-17-14-20(18(7-2)13-19(17)21)22-12-11-16(5)10-8-9-15(3)4/h9,13-14,16,21H,6-8,10-12H2,1-5H3. The number of hydrogen-bond donors (Lipinski definition) is 1. The summed E-state index contributed by atoms with van der Waals surface area (Å²) >= 11 is 1.95. The smallest absolute Gasteiger partial charge is 0.119 e. The van der Waals surface area contributed by atoms with Gasteiger partial charge >= 0.3 is 0 Å². The molecule has 2 heteroatoms. The molecule has 1 aromatic rings. The third-order valence-corrected chi connectivity index (χ3v) is 5.23. The molecule has 0 amide bonds. The number of aryl methyl sites for hydroxylation is 2. The Labute approximate surface area is 141 Å². The number of phenolic OH excluding ortho intramolecular Hbond substituents is 1. The number of allylic oxidation sites excluding steroid dienone is 2. The number of phenols is 1. The molecule has 1 atom stereocenters. The van der Waals surface area contributed by atoms with E-state index in [9.17, 15) is 5.11 Å². The topological polar surface area (TPSA) is 20.2 Å². The third-order valence-electron chi connectivity index (χ3n) is 4.10. The van der Waals surface area contributed by atoms with Gasteiger partial charge in [-0.3, -0.25) is 0 Å². The zero-order valence-corrected chi connectivity index (χ0v) is 15.7. The van der Waals surface area contributed by atoms with Gasteiger partial charge in [-0.1, -0.05) is 32.4 Å². The van der Waals surface area contributed by atoms with Gasteiger partial charge in [0, 0.05) is 4.90 Å². The highest BCUT2D eigenvalue weighted by molar-refractivity contribution is 7.99. The molecule has 0 heterocycles. The molecule has 22 heavy (non-hydrogen) atoms. The third kappa shape index (κ3) is 6.48. The highest BCUT2D eigenvalue weighted by Gasteiger charge is 2.09. The Kier molecular flexibility index (Phi) is 8.70. The Balaban J connectivity index is 2.52. The van der Waals surface area contributed by atoms with E-state index in [4.69, 9.17) is 0 Å². The first kappa shape index (κ1) is 19.2. The fourth-order valence-corrected chi connectivity index (χ4v) is 3.87. The van der Waals surface area contributed by atoms with Crippen molar-refractivity contribution in [3.8, 4) is 5.75 Å². The normalized spacial score (nSPS) is 12.2. The predicted octanol–water partition coefficient (Wildman–Crippen LogP) is 6.38. The van der Waals surface area contributed by atoms with Gasteiger partial charge in [-0.15, -0.1) is 11.8 Å². The fraction of sp³-hybridized carbons (Fsp3) is 0.600. The van der Waals surface area contributed by atoms with Gasteiger partial charge in [-0.05, 0) is 80.9 Å². The maximum atomic E-state index is 9.99. The SMILES string of the molecule is CCc1cc(SCCC(C)CCC=C(C)C)c(CC)cc1O. The van der Waals surface area contributed by atoms with Crippen LogP contribution in [0, 0.1) is 5.92 Å². The van der Waals surface area contributed by atoms with Crippen molar-refractivity contribution in [2.45, 2.75) is 71.6 Å². The van der Waals surface area contributed by atoms with E-state index in [1.807, 2.05) is 17.8 Å². The summed E-state index contributed by atoms with van der Waals surface area (Å²) in [6, 6.07) is 4.14. The van der Waals surface area contributed by atoms with E-state index in [-0.39, 0.29) is 0 Å². The summed E-state index contributed by atoms with van der Waals surface area (Å²) in [5.41, 5.74) is 3.76. The number of hydrogen-bond acceptors (Lipinski definition) is 2. The number of thioether (sulfide) groups is 1. The second kappa shape index (κ2) is 9.99. The van der Waals surface area contributed by atoms with Crippen LogP contribution >= 0.6 is 11.8 Å². The molecule has 1 aromatic carbocycles. The van der Waals surface area contributed by atoms with Crippen LogP contribution in [0.2, 0.25) is 0 Å². The van der Waals surface area contributed by atoms with Crippen LogP contribution in [0.3, 0.4) is 0 Å². The van der Waals surface area contributed by atoms with Crippen LogP contribution in [0.4, 0.5) is 0 Å². The molecule has 1 rings (SSSR count). The second-order valence-corrected chi connectivity index (χ2v) is 7.53. The van der Waals surface area contributed by atoms with Gasteiger partial charge in [0.15, 0.2) is 0 Å². The summed E-state index contributed by atoms with van der Waals surface area (Å²) in [7, 11) is 0. The van der Waals surface area contributed by atoms with Gasteiger partial charge in [0.1, 0.15) is 5.75 Å². The highest BCUT2D eigenvalue weighted by Crippen LogP contribution is 2.31. The summed E-state index contributed by atoms with van der Waals surface area (Å²) < 4.78 is 0. The molecule has 1 N–H and O–H groups in total. The maximum absolute atomic E-state index is 9.99. The molecular formula is C20H32OS. The van der Waals surface area contributed by atoms with E-state index in [0.717, 1.165) is 30.1 Å². The molecule has 0 saturated carbocycles. The molecule has 0 aliphatic carbocycles. The lowest BCUT2D eigenvalue weighted by atomic mass is 10.0. The number of rotatable bonds is 9. The van der Waals surface area contributed by atoms with E-state index in [0.29, 0.717) is 5.75 Å². The molecule has 1 nitrogen and oxygen atoms in total. The molecule has 0 fully saturated rings. The monoisotopic (exact) mass is 320 g/mol. The van der Waals surface area contributed by atoms with Crippen molar-refractivity contribution in [1.82, 2.24) is 0 Å². The van der Waals surface area contributed by atoms with Gasteiger partial charge in [-0.25, -0.2) is 0 Å². The zero-order valence-electron chi connectivity index (χ0n) is 14.9. The van der Waals surface area contributed by atoms with Crippen molar-refractivity contribution < 1.29 is 5.11 Å². The molecule has 0 radical (unpaired) electrons. The lowest BCUT2D eigenvalue weighted by Crippen LogP contribution is -1.97. The first-order chi connectivity index (χ1) is 10.5. The van der Waals surface area contributed by atoms with E-state index in [1.165, 1.54) is 35.3 Å². The summed E-state index contributed by atoms with van der Waals surface area (Å²) in [4.78, 5) is 1.36. The molecule has 0 bridgehead atoms. The molecule has 1 unspecified atom stereocenters. The van der Waals surface area contributed by atoms with Crippen molar-refractivity contribution in [2.75, 3.05) is 5.75 Å². The summed E-state index contributed by atoms with van der Waals surface area (Å²) in [6.45, 7) is 11.0. The lowest BCUT2D eigenvalue weighted by Gasteiger charge is -2.13. The lowest BCUT2D eigenvalue weighted by molar-refractivity contribution is 0.467. The van der Waals surface area contributed by atoms with Crippen LogP contribution < -0.4 is 0 Å². The van der Waals surface area contributed by atoms with E-state index in [1.54, 1.807) is 0 Å². The Morgan fingerprint density at radius 2 is 1.82 bits per heavy atom. The maximum Gasteiger partial charge on any atom is 0.119 e. The van der Waals surface area contributed by atoms with Gasteiger partial charge < -0.3 is 5.11 Å². The minimum Gasteiger partial charge on any atom is -0.508 e. The number of benzene rings is 1. The Hall–Kier alpha value is -0.890. The van der Waals surface area contributed by atoms with Crippen LogP contribution in [0.25, 0.3) is 0 Å². The molecule has 0 spiro atoms. The van der Waals surface area contributed by atoms with Gasteiger partial charge in [0.05, 0.1) is 0 Å². The molecule has 0 saturated heterocycles. The van der Waals surface area contributed by atoms with Crippen LogP contribution in [-0.2, 0) is 12.8 Å². The van der Waals surface area contributed by atoms with Gasteiger partial charge in [0.25, 0.3) is 0 Å². The zero-order chi connectivity index (χ0) is 16.5. The number of aromatic hydroxyl groups is 1. The minimum atomic E-state index is 0.457. The fourth-order valence-electron chi connectivity index (χ4n) is 2.52. The largest absolute Gasteiger partial charge is 0.508 e. The van der Waals surface area contributed by atoms with Crippen LogP contribution in [0.1, 0.15) is 65.0 Å². The minimum absolute atomic E-state index is 0.457. The highest BCUT2D eigenvalue weighted by atomic mass is 32.2. The van der Waals surface area contributed by atoms with Gasteiger partial charge in [-0.2, -0.15) is 0 Å². The molecule has 0 aliphatic rings. The Morgan fingerprint density at radius 1 is 1.14 bits per heavy atom. The Morgan fingerprint density at radius 3 is 2.41 bits per heavy atom. The van der Waals surface area contributed by atoms with Crippen molar-refractivity contribution in [3.63, 3.8) is 0 Å². The summed E-state index contributed by atoms with van der Waals surface area (Å²) in [6.07, 6.45) is 7.95. The molecule has 0 aliphatic heterocycles. The van der Waals surface area contributed by atoms with Gasteiger partial charge in [0.2, 0.25) is 0 Å². The van der Waals surface area contributed by atoms with Crippen LogP contribution in [-0.4, -0.2) is 10.9 Å². The second-order valence-electron chi connectivity index (χ2n) is 6.40. The molecule has 124 valence electrons. The average molecular weight is 321 g/mol. The summed E-state index contributed by atoms with van der Waals surface area (Å²) in [5, 5.41) is 9.99.